The van der Waals surface area contributed by atoms with Crippen molar-refractivity contribution >= 4 is 17.8 Å². The molecule has 0 saturated heterocycles. The maximum atomic E-state index is 13.5. The van der Waals surface area contributed by atoms with Gasteiger partial charge in [0.1, 0.15) is 5.82 Å². The lowest BCUT2D eigenvalue weighted by Crippen LogP contribution is -2.43. The molecule has 0 aromatic heterocycles. The van der Waals surface area contributed by atoms with E-state index in [2.05, 4.69) is 31.6 Å². The average molecular weight is 372 g/mol. The van der Waals surface area contributed by atoms with E-state index in [1.165, 1.54) is 18.2 Å². The highest BCUT2D eigenvalue weighted by Gasteiger charge is 2.16. The van der Waals surface area contributed by atoms with Gasteiger partial charge in [0.25, 0.3) is 11.8 Å². The Morgan fingerprint density at radius 2 is 1.59 bits per heavy atom. The van der Waals surface area contributed by atoms with Crippen molar-refractivity contribution in [2.45, 2.75) is 26.2 Å². The molecule has 0 atom stereocenters. The van der Waals surface area contributed by atoms with Gasteiger partial charge in [0.2, 0.25) is 0 Å². The molecule has 142 valence electrons. The lowest BCUT2D eigenvalue weighted by molar-refractivity contribution is -0.125. The summed E-state index contributed by atoms with van der Waals surface area (Å²) in [5, 5.41) is 0. The number of hydrogen-bond acceptors (Lipinski definition) is 4. The van der Waals surface area contributed by atoms with Crippen molar-refractivity contribution in [2.24, 2.45) is 0 Å². The van der Waals surface area contributed by atoms with E-state index in [-0.39, 0.29) is 11.0 Å². The second-order valence-electron chi connectivity index (χ2n) is 6.89. The molecule has 0 radical (unpaired) electrons. The standard InChI is InChI=1S/C20H21FN2O4/c1-20(2,3)14-10-8-13(9-11-14)19(26)27-12-17(24)22-23-18(25)15-6-4-5-7-16(15)21/h4-11H,12H2,1-3H3,(H,22,24)(H,23,25). The van der Waals surface area contributed by atoms with Crippen LogP contribution in [0.5, 0.6) is 0 Å². The van der Waals surface area contributed by atoms with Crippen LogP contribution in [-0.2, 0) is 14.9 Å². The van der Waals surface area contributed by atoms with Gasteiger partial charge >= 0.3 is 5.97 Å². The molecule has 0 aliphatic carbocycles. The van der Waals surface area contributed by atoms with Crippen LogP contribution in [-0.4, -0.2) is 24.4 Å². The van der Waals surface area contributed by atoms with E-state index >= 15 is 0 Å². The van der Waals surface area contributed by atoms with Gasteiger partial charge in [-0.25, -0.2) is 9.18 Å². The monoisotopic (exact) mass is 372 g/mol. The predicted octanol–water partition coefficient (Wildman–Crippen LogP) is 2.74. The third-order valence-electron chi connectivity index (χ3n) is 3.75. The van der Waals surface area contributed by atoms with Crippen LogP contribution in [0, 0.1) is 5.82 Å². The number of carbonyl (C=O) groups excluding carboxylic acids is 3. The highest BCUT2D eigenvalue weighted by Crippen LogP contribution is 2.22. The topological polar surface area (TPSA) is 84.5 Å². The Balaban J connectivity index is 1.82. The number of hydrazine groups is 1. The third kappa shape index (κ3) is 5.64. The first-order chi connectivity index (χ1) is 12.7. The molecule has 0 spiro atoms. The first-order valence-electron chi connectivity index (χ1n) is 8.30. The van der Waals surface area contributed by atoms with E-state index in [1.54, 1.807) is 12.1 Å². The van der Waals surface area contributed by atoms with E-state index in [0.717, 1.165) is 11.6 Å². The third-order valence-corrected chi connectivity index (χ3v) is 3.75. The Bertz CT molecular complexity index is 842. The van der Waals surface area contributed by atoms with Crippen LogP contribution in [0.2, 0.25) is 0 Å². The lowest BCUT2D eigenvalue weighted by Gasteiger charge is -2.18. The van der Waals surface area contributed by atoms with Crippen LogP contribution in [0.3, 0.4) is 0 Å². The normalized spacial score (nSPS) is 10.8. The minimum atomic E-state index is -0.814. The molecule has 0 aliphatic heterocycles. The molecule has 7 heteroatoms. The molecule has 2 amide bonds. The maximum absolute atomic E-state index is 13.5. The summed E-state index contributed by atoms with van der Waals surface area (Å²) >= 11 is 0. The van der Waals surface area contributed by atoms with Crippen molar-refractivity contribution in [1.29, 1.82) is 0 Å². The molecule has 27 heavy (non-hydrogen) atoms. The van der Waals surface area contributed by atoms with Gasteiger partial charge in [-0.05, 0) is 35.2 Å². The van der Waals surface area contributed by atoms with Gasteiger partial charge in [-0.3, -0.25) is 20.4 Å². The quantitative estimate of drug-likeness (QED) is 0.638. The Morgan fingerprint density at radius 3 is 2.19 bits per heavy atom. The zero-order valence-electron chi connectivity index (χ0n) is 15.3. The zero-order valence-corrected chi connectivity index (χ0v) is 15.3. The molecule has 2 rings (SSSR count). The van der Waals surface area contributed by atoms with Crippen molar-refractivity contribution in [1.82, 2.24) is 10.9 Å². The summed E-state index contributed by atoms with van der Waals surface area (Å²) in [6.45, 7) is 5.58. The molecular weight excluding hydrogens is 351 g/mol. The van der Waals surface area contributed by atoms with Crippen molar-refractivity contribution in [2.75, 3.05) is 6.61 Å². The first kappa shape index (κ1) is 20.1. The Morgan fingerprint density at radius 1 is 0.963 bits per heavy atom. The number of ether oxygens (including phenoxy) is 1. The number of hydrogen-bond donors (Lipinski definition) is 2. The number of rotatable bonds is 4. The zero-order chi connectivity index (χ0) is 20.0. The minimum absolute atomic E-state index is 0.0429. The Labute approximate surface area is 156 Å². The number of carbonyl (C=O) groups is 3. The maximum Gasteiger partial charge on any atom is 0.338 e. The number of esters is 1. The van der Waals surface area contributed by atoms with Crippen molar-refractivity contribution in [3.05, 3.63) is 71.0 Å². The highest BCUT2D eigenvalue weighted by atomic mass is 19.1. The molecule has 0 unspecified atom stereocenters. The number of nitrogens with one attached hydrogen (secondary N) is 2. The van der Waals surface area contributed by atoms with E-state index < -0.39 is 30.2 Å². The summed E-state index contributed by atoms with van der Waals surface area (Å²) in [7, 11) is 0. The van der Waals surface area contributed by atoms with Crippen LogP contribution < -0.4 is 10.9 Å². The second kappa shape index (κ2) is 8.44. The van der Waals surface area contributed by atoms with Gasteiger partial charge in [0, 0.05) is 0 Å². The Kier molecular flexibility index (Phi) is 6.28. The van der Waals surface area contributed by atoms with Gasteiger partial charge in [0.15, 0.2) is 6.61 Å². The van der Waals surface area contributed by atoms with Gasteiger partial charge in [-0.1, -0.05) is 45.0 Å². The fourth-order valence-corrected chi connectivity index (χ4v) is 2.20. The van der Waals surface area contributed by atoms with Crippen LogP contribution >= 0.6 is 0 Å². The van der Waals surface area contributed by atoms with E-state index in [4.69, 9.17) is 4.74 Å². The molecule has 2 aromatic carbocycles. The molecule has 0 heterocycles. The number of benzene rings is 2. The van der Waals surface area contributed by atoms with Crippen molar-refractivity contribution in [3.63, 3.8) is 0 Å². The molecule has 6 nitrogen and oxygen atoms in total. The minimum Gasteiger partial charge on any atom is -0.452 e. The van der Waals surface area contributed by atoms with Gasteiger partial charge < -0.3 is 4.74 Å². The molecule has 2 N–H and O–H groups in total. The SMILES string of the molecule is CC(C)(C)c1ccc(C(=O)OCC(=O)NNC(=O)c2ccccc2F)cc1. The van der Waals surface area contributed by atoms with E-state index in [1.807, 2.05) is 12.1 Å². The first-order valence-corrected chi connectivity index (χ1v) is 8.30. The highest BCUT2D eigenvalue weighted by molar-refractivity contribution is 5.96. The Hall–Kier alpha value is -3.22. The predicted molar refractivity (Wildman–Crippen MR) is 97.4 cm³/mol. The summed E-state index contributed by atoms with van der Waals surface area (Å²) in [4.78, 5) is 35.4. The summed E-state index contributed by atoms with van der Waals surface area (Å²) in [6, 6.07) is 12.2. The van der Waals surface area contributed by atoms with Crippen molar-refractivity contribution < 1.29 is 23.5 Å². The molecule has 2 aromatic rings. The van der Waals surface area contributed by atoms with E-state index in [0.29, 0.717) is 5.56 Å². The summed E-state index contributed by atoms with van der Waals surface area (Å²) in [5.41, 5.74) is 5.24. The molecule has 0 bridgehead atoms. The summed E-state index contributed by atoms with van der Waals surface area (Å²) in [5.74, 6) is -2.94. The van der Waals surface area contributed by atoms with Crippen LogP contribution in [0.25, 0.3) is 0 Å². The molecule has 0 aliphatic rings. The molecule has 0 fully saturated rings. The second-order valence-corrected chi connectivity index (χ2v) is 6.89. The van der Waals surface area contributed by atoms with Gasteiger partial charge in [-0.2, -0.15) is 0 Å². The van der Waals surface area contributed by atoms with Crippen LogP contribution in [0.1, 0.15) is 47.1 Å². The van der Waals surface area contributed by atoms with Crippen molar-refractivity contribution in [3.8, 4) is 0 Å². The van der Waals surface area contributed by atoms with Crippen LogP contribution in [0.15, 0.2) is 48.5 Å². The lowest BCUT2D eigenvalue weighted by atomic mass is 9.87. The van der Waals surface area contributed by atoms with E-state index in [9.17, 15) is 18.8 Å². The number of halogens is 1. The average Bonchev–Trinajstić information content (AvgIpc) is 2.64. The molecule has 0 saturated carbocycles. The largest absolute Gasteiger partial charge is 0.452 e. The fraction of sp³-hybridized carbons (Fsp3) is 0.250. The number of amides is 2. The smallest absolute Gasteiger partial charge is 0.338 e. The summed E-state index contributed by atoms with van der Waals surface area (Å²) < 4.78 is 18.4. The fourth-order valence-electron chi connectivity index (χ4n) is 2.20. The van der Waals surface area contributed by atoms with Gasteiger partial charge in [-0.15, -0.1) is 0 Å². The molecular formula is C20H21FN2O4. The van der Waals surface area contributed by atoms with Crippen LogP contribution in [0.4, 0.5) is 4.39 Å². The summed E-state index contributed by atoms with van der Waals surface area (Å²) in [6.07, 6.45) is 0. The van der Waals surface area contributed by atoms with Gasteiger partial charge in [0.05, 0.1) is 11.1 Å².